The minimum absolute atomic E-state index is 0.0688. The van der Waals surface area contributed by atoms with Crippen molar-refractivity contribution in [1.29, 1.82) is 0 Å². The largest absolute Gasteiger partial charge is 0.351 e. The molecule has 1 amide bonds. The summed E-state index contributed by atoms with van der Waals surface area (Å²) in [6.45, 7) is 1.70. The van der Waals surface area contributed by atoms with E-state index in [1.165, 1.54) is 0 Å². The van der Waals surface area contributed by atoms with E-state index in [-0.39, 0.29) is 5.91 Å². The van der Waals surface area contributed by atoms with Crippen molar-refractivity contribution in [3.8, 4) is 0 Å². The highest BCUT2D eigenvalue weighted by Crippen LogP contribution is 2.20. The van der Waals surface area contributed by atoms with Crippen molar-refractivity contribution in [2.45, 2.75) is 32.2 Å². The highest BCUT2D eigenvalue weighted by Gasteiger charge is 2.08. The highest BCUT2D eigenvalue weighted by atomic mass is 35.5. The normalized spacial score (nSPS) is 11.0. The molecule has 126 valence electrons. The number of imidazole rings is 1. The molecule has 3 rings (SSSR count). The minimum Gasteiger partial charge on any atom is -0.351 e. The quantitative estimate of drug-likeness (QED) is 0.606. The summed E-state index contributed by atoms with van der Waals surface area (Å²) in [5, 5.41) is 4.58. The second-order valence-corrected chi connectivity index (χ2v) is 6.32. The van der Waals surface area contributed by atoms with E-state index in [1.807, 2.05) is 36.8 Å². The van der Waals surface area contributed by atoms with Crippen LogP contribution in [-0.4, -0.2) is 27.0 Å². The number of H-pyrrole nitrogens is 1. The Bertz CT molecular complexity index is 795. The van der Waals surface area contributed by atoms with Gasteiger partial charge in [-0.1, -0.05) is 24.4 Å². The third-order valence-corrected chi connectivity index (χ3v) is 4.25. The number of hydrogen-bond donors (Lipinski definition) is 2. The van der Waals surface area contributed by atoms with Crippen LogP contribution in [0.4, 0.5) is 0 Å². The first-order valence-electron chi connectivity index (χ1n) is 8.24. The van der Waals surface area contributed by atoms with Crippen molar-refractivity contribution in [3.63, 3.8) is 0 Å². The van der Waals surface area contributed by atoms with Gasteiger partial charge in [0.2, 0.25) is 0 Å². The molecule has 0 bridgehead atoms. The number of aryl methyl sites for hydroxylation is 1. The molecule has 0 radical (unpaired) electrons. The fourth-order valence-corrected chi connectivity index (χ4v) is 2.90. The molecule has 0 fully saturated rings. The standard InChI is InChI=1S/C18H21ClN4O/c19-15-5-6-16-14(11-15)12-17(22-16)18(24)21-7-3-1-2-4-9-23-10-8-20-13-23/h5-6,8,10-13,22H,1-4,7,9H2,(H,21,24). The van der Waals surface area contributed by atoms with Gasteiger partial charge in [-0.2, -0.15) is 0 Å². The number of nitrogens with zero attached hydrogens (tertiary/aromatic N) is 2. The maximum absolute atomic E-state index is 12.2. The molecule has 0 unspecified atom stereocenters. The maximum Gasteiger partial charge on any atom is 0.267 e. The first-order valence-corrected chi connectivity index (χ1v) is 8.62. The Morgan fingerprint density at radius 2 is 2.08 bits per heavy atom. The predicted molar refractivity (Wildman–Crippen MR) is 96.3 cm³/mol. The number of rotatable bonds is 8. The zero-order valence-electron chi connectivity index (χ0n) is 13.5. The van der Waals surface area contributed by atoms with Crippen molar-refractivity contribution >= 4 is 28.4 Å². The van der Waals surface area contributed by atoms with E-state index >= 15 is 0 Å². The molecule has 2 heterocycles. The molecule has 24 heavy (non-hydrogen) atoms. The Kier molecular flexibility index (Phi) is 5.54. The molecule has 2 N–H and O–H groups in total. The molecule has 5 nitrogen and oxygen atoms in total. The van der Waals surface area contributed by atoms with Gasteiger partial charge in [0.25, 0.3) is 5.91 Å². The molecule has 0 aliphatic rings. The Morgan fingerprint density at radius 3 is 2.92 bits per heavy atom. The number of nitrogens with one attached hydrogen (secondary N) is 2. The van der Waals surface area contributed by atoms with Gasteiger partial charge < -0.3 is 14.9 Å². The number of carbonyl (C=O) groups excluding carboxylic acids is 1. The van der Waals surface area contributed by atoms with Crippen LogP contribution < -0.4 is 5.32 Å². The summed E-state index contributed by atoms with van der Waals surface area (Å²) in [5.41, 5.74) is 1.50. The lowest BCUT2D eigenvalue weighted by Crippen LogP contribution is -2.24. The molecule has 0 saturated heterocycles. The highest BCUT2D eigenvalue weighted by molar-refractivity contribution is 6.31. The number of amides is 1. The SMILES string of the molecule is O=C(NCCCCCCn1ccnc1)c1cc2cc(Cl)ccc2[nH]1. The van der Waals surface area contributed by atoms with Crippen molar-refractivity contribution in [1.82, 2.24) is 19.9 Å². The summed E-state index contributed by atoms with van der Waals surface area (Å²) in [5.74, 6) is -0.0688. The van der Waals surface area contributed by atoms with Crippen LogP contribution in [0.2, 0.25) is 5.02 Å². The number of fused-ring (bicyclic) bond motifs is 1. The Morgan fingerprint density at radius 1 is 1.21 bits per heavy atom. The summed E-state index contributed by atoms with van der Waals surface area (Å²) in [4.78, 5) is 19.3. The van der Waals surface area contributed by atoms with Gasteiger partial charge in [0.05, 0.1) is 6.33 Å². The monoisotopic (exact) mass is 344 g/mol. The Labute approximate surface area is 146 Å². The summed E-state index contributed by atoms with van der Waals surface area (Å²) in [6, 6.07) is 7.38. The van der Waals surface area contributed by atoms with E-state index in [4.69, 9.17) is 11.6 Å². The van der Waals surface area contributed by atoms with Crippen LogP contribution in [0.25, 0.3) is 10.9 Å². The fourth-order valence-electron chi connectivity index (χ4n) is 2.71. The van der Waals surface area contributed by atoms with Crippen LogP contribution in [0.15, 0.2) is 43.0 Å². The molecule has 2 aromatic heterocycles. The number of unbranched alkanes of at least 4 members (excludes halogenated alkanes) is 3. The minimum atomic E-state index is -0.0688. The number of hydrogen-bond acceptors (Lipinski definition) is 2. The first kappa shape index (κ1) is 16.6. The number of carbonyl (C=O) groups is 1. The maximum atomic E-state index is 12.2. The fraction of sp³-hybridized carbons (Fsp3) is 0.333. The molecule has 0 saturated carbocycles. The van der Waals surface area contributed by atoms with Crippen molar-refractivity contribution in [2.75, 3.05) is 6.54 Å². The molecular weight excluding hydrogens is 324 g/mol. The van der Waals surface area contributed by atoms with Gasteiger partial charge in [0.1, 0.15) is 5.69 Å². The second-order valence-electron chi connectivity index (χ2n) is 5.89. The third kappa shape index (κ3) is 4.38. The molecular formula is C18H21ClN4O. The van der Waals surface area contributed by atoms with Crippen LogP contribution in [0.3, 0.4) is 0 Å². The van der Waals surface area contributed by atoms with Gasteiger partial charge in [0.15, 0.2) is 0 Å². The summed E-state index contributed by atoms with van der Waals surface area (Å²) in [7, 11) is 0. The van der Waals surface area contributed by atoms with E-state index in [2.05, 4.69) is 19.9 Å². The smallest absolute Gasteiger partial charge is 0.267 e. The van der Waals surface area contributed by atoms with E-state index < -0.39 is 0 Å². The van der Waals surface area contributed by atoms with Gasteiger partial charge >= 0.3 is 0 Å². The number of aromatic nitrogens is 3. The molecule has 0 aliphatic heterocycles. The Hall–Kier alpha value is -2.27. The van der Waals surface area contributed by atoms with E-state index in [0.717, 1.165) is 43.1 Å². The molecule has 6 heteroatoms. The van der Waals surface area contributed by atoms with Crippen LogP contribution >= 0.6 is 11.6 Å². The third-order valence-electron chi connectivity index (χ3n) is 4.02. The lowest BCUT2D eigenvalue weighted by atomic mass is 10.2. The van der Waals surface area contributed by atoms with Gasteiger partial charge in [-0.15, -0.1) is 0 Å². The molecule has 1 aromatic carbocycles. The number of halogens is 1. The molecule has 0 aliphatic carbocycles. The van der Waals surface area contributed by atoms with Gasteiger partial charge in [0, 0.05) is 41.4 Å². The topological polar surface area (TPSA) is 62.7 Å². The predicted octanol–water partition coefficient (Wildman–Crippen LogP) is 4.01. The van der Waals surface area contributed by atoms with Crippen molar-refractivity contribution < 1.29 is 4.79 Å². The van der Waals surface area contributed by atoms with Gasteiger partial charge in [-0.25, -0.2) is 4.98 Å². The van der Waals surface area contributed by atoms with E-state index in [1.54, 1.807) is 6.20 Å². The average Bonchev–Trinajstić information content (AvgIpc) is 3.22. The van der Waals surface area contributed by atoms with Crippen molar-refractivity contribution in [2.24, 2.45) is 0 Å². The average molecular weight is 345 g/mol. The zero-order valence-corrected chi connectivity index (χ0v) is 14.2. The number of aromatic amines is 1. The molecule has 3 aromatic rings. The van der Waals surface area contributed by atoms with E-state index in [9.17, 15) is 4.79 Å². The van der Waals surface area contributed by atoms with Gasteiger partial charge in [-0.3, -0.25) is 4.79 Å². The lowest BCUT2D eigenvalue weighted by Gasteiger charge is -2.04. The van der Waals surface area contributed by atoms with Crippen LogP contribution in [-0.2, 0) is 6.54 Å². The molecule has 0 atom stereocenters. The lowest BCUT2D eigenvalue weighted by molar-refractivity contribution is 0.0949. The van der Waals surface area contributed by atoms with Gasteiger partial charge in [-0.05, 0) is 37.1 Å². The van der Waals surface area contributed by atoms with Crippen LogP contribution in [0.1, 0.15) is 36.2 Å². The first-order chi connectivity index (χ1) is 11.7. The Balaban J connectivity index is 1.36. The molecule has 0 spiro atoms. The van der Waals surface area contributed by atoms with Crippen molar-refractivity contribution in [3.05, 3.63) is 53.7 Å². The summed E-state index contributed by atoms with van der Waals surface area (Å²) < 4.78 is 2.09. The second kappa shape index (κ2) is 8.02. The summed E-state index contributed by atoms with van der Waals surface area (Å²) in [6.07, 6.45) is 10.0. The van der Waals surface area contributed by atoms with Crippen LogP contribution in [0.5, 0.6) is 0 Å². The number of benzene rings is 1. The zero-order chi connectivity index (χ0) is 16.8. The van der Waals surface area contributed by atoms with Crippen LogP contribution in [0, 0.1) is 0 Å². The summed E-state index contributed by atoms with van der Waals surface area (Å²) >= 11 is 5.96. The van der Waals surface area contributed by atoms with E-state index in [0.29, 0.717) is 17.3 Å².